The van der Waals surface area contributed by atoms with Gasteiger partial charge in [0.2, 0.25) is 5.88 Å². The predicted octanol–water partition coefficient (Wildman–Crippen LogP) is 1.84. The molecule has 0 aliphatic heterocycles. The van der Waals surface area contributed by atoms with Gasteiger partial charge in [0.05, 0.1) is 12.3 Å². The van der Waals surface area contributed by atoms with E-state index in [1.807, 2.05) is 13.0 Å². The van der Waals surface area contributed by atoms with Crippen LogP contribution in [0.4, 0.5) is 11.5 Å². The highest BCUT2D eigenvalue weighted by atomic mass is 32.2. The van der Waals surface area contributed by atoms with Gasteiger partial charge in [-0.05, 0) is 25.3 Å². The summed E-state index contributed by atoms with van der Waals surface area (Å²) in [6.07, 6.45) is 2.07. The van der Waals surface area contributed by atoms with Crippen molar-refractivity contribution in [3.8, 4) is 5.88 Å². The van der Waals surface area contributed by atoms with E-state index in [0.717, 1.165) is 18.1 Å². The van der Waals surface area contributed by atoms with Crippen LogP contribution >= 0.6 is 11.8 Å². The number of nitrogens with one attached hydrogen (secondary N) is 1. The van der Waals surface area contributed by atoms with E-state index in [-0.39, 0.29) is 0 Å². The molecule has 1 rings (SSSR count). The molecule has 0 amide bonds. The second-order valence-corrected chi connectivity index (χ2v) is 3.93. The fourth-order valence-corrected chi connectivity index (χ4v) is 1.39. The van der Waals surface area contributed by atoms with E-state index in [2.05, 4.69) is 16.6 Å². The largest absolute Gasteiger partial charge is 0.476 e. The van der Waals surface area contributed by atoms with Gasteiger partial charge in [-0.2, -0.15) is 16.7 Å². The van der Waals surface area contributed by atoms with Gasteiger partial charge < -0.3 is 15.8 Å². The molecule has 1 aromatic rings. The summed E-state index contributed by atoms with van der Waals surface area (Å²) in [4.78, 5) is 4.27. The highest BCUT2D eigenvalue weighted by Crippen LogP contribution is 2.20. The molecular formula is C10H17N3OS. The number of hydrogen-bond donors (Lipinski definition) is 2. The van der Waals surface area contributed by atoms with Gasteiger partial charge in [0.25, 0.3) is 0 Å². The molecule has 0 unspecified atom stereocenters. The van der Waals surface area contributed by atoms with Crippen LogP contribution in [-0.2, 0) is 0 Å². The summed E-state index contributed by atoms with van der Waals surface area (Å²) >= 11 is 1.79. The Morgan fingerprint density at radius 3 is 3.00 bits per heavy atom. The third-order valence-electron chi connectivity index (χ3n) is 1.78. The van der Waals surface area contributed by atoms with Crippen molar-refractivity contribution in [2.45, 2.75) is 6.92 Å². The zero-order valence-electron chi connectivity index (χ0n) is 9.12. The number of nitrogens with two attached hydrogens (primary N) is 1. The summed E-state index contributed by atoms with van der Waals surface area (Å²) in [6, 6.07) is 3.66. The highest BCUT2D eigenvalue weighted by molar-refractivity contribution is 7.98. The second-order valence-electron chi connectivity index (χ2n) is 2.94. The summed E-state index contributed by atoms with van der Waals surface area (Å²) in [5, 5.41) is 3.20. The summed E-state index contributed by atoms with van der Waals surface area (Å²) in [7, 11) is 0. The third-order valence-corrected chi connectivity index (χ3v) is 2.40. The molecule has 0 fully saturated rings. The van der Waals surface area contributed by atoms with Gasteiger partial charge in [-0.3, -0.25) is 0 Å². The monoisotopic (exact) mass is 227 g/mol. The lowest BCUT2D eigenvalue weighted by atomic mass is 10.4. The topological polar surface area (TPSA) is 60.2 Å². The maximum atomic E-state index is 5.71. The molecule has 84 valence electrons. The number of thioether (sulfide) groups is 1. The standard InChI is InChI=1S/C10H17N3OS/c1-3-14-10-8(11)4-5-9(13-10)12-6-7-15-2/h4-5H,3,6-7,11H2,1-2H3,(H,12,13). The minimum atomic E-state index is 0.506. The Labute approximate surface area is 94.6 Å². The summed E-state index contributed by atoms with van der Waals surface area (Å²) in [5.74, 6) is 2.36. The Hall–Kier alpha value is -1.10. The zero-order valence-corrected chi connectivity index (χ0v) is 9.93. The Balaban J connectivity index is 2.61. The van der Waals surface area contributed by atoms with Gasteiger partial charge in [0.1, 0.15) is 5.82 Å². The molecule has 0 aromatic carbocycles. The minimum Gasteiger partial charge on any atom is -0.476 e. The second kappa shape index (κ2) is 6.40. The van der Waals surface area contributed by atoms with Crippen LogP contribution in [-0.4, -0.2) is 30.1 Å². The van der Waals surface area contributed by atoms with Crippen molar-refractivity contribution < 1.29 is 4.74 Å². The number of anilines is 2. The minimum absolute atomic E-state index is 0.506. The third kappa shape index (κ3) is 3.87. The Bertz CT molecular complexity index is 307. The molecule has 0 aliphatic carbocycles. The van der Waals surface area contributed by atoms with Crippen LogP contribution in [0.1, 0.15) is 6.92 Å². The van der Waals surface area contributed by atoms with Crippen molar-refractivity contribution in [2.75, 3.05) is 36.2 Å². The fraction of sp³-hybridized carbons (Fsp3) is 0.500. The smallest absolute Gasteiger partial charge is 0.239 e. The lowest BCUT2D eigenvalue weighted by Crippen LogP contribution is -2.07. The first-order valence-corrected chi connectivity index (χ1v) is 6.29. The SMILES string of the molecule is CCOc1nc(NCCSC)ccc1N. The molecule has 0 bridgehead atoms. The number of hydrogen-bond acceptors (Lipinski definition) is 5. The van der Waals surface area contributed by atoms with E-state index in [4.69, 9.17) is 10.5 Å². The van der Waals surface area contributed by atoms with Crippen LogP contribution in [0.2, 0.25) is 0 Å². The molecule has 0 radical (unpaired) electrons. The molecule has 0 saturated heterocycles. The predicted molar refractivity (Wildman–Crippen MR) is 66.7 cm³/mol. The van der Waals surface area contributed by atoms with Gasteiger partial charge in [-0.1, -0.05) is 0 Å². The molecule has 1 aromatic heterocycles. The van der Waals surface area contributed by atoms with Crippen LogP contribution < -0.4 is 15.8 Å². The molecule has 5 heteroatoms. The summed E-state index contributed by atoms with van der Waals surface area (Å²) < 4.78 is 5.30. The van der Waals surface area contributed by atoms with E-state index >= 15 is 0 Å². The quantitative estimate of drug-likeness (QED) is 0.726. The lowest BCUT2D eigenvalue weighted by Gasteiger charge is -2.09. The van der Waals surface area contributed by atoms with Crippen LogP contribution in [0.5, 0.6) is 5.88 Å². The Morgan fingerprint density at radius 1 is 1.53 bits per heavy atom. The van der Waals surface area contributed by atoms with Gasteiger partial charge in [-0.15, -0.1) is 0 Å². The Morgan fingerprint density at radius 2 is 2.33 bits per heavy atom. The highest BCUT2D eigenvalue weighted by Gasteiger charge is 2.02. The van der Waals surface area contributed by atoms with Gasteiger partial charge in [-0.25, -0.2) is 0 Å². The summed E-state index contributed by atoms with van der Waals surface area (Å²) in [5.41, 5.74) is 6.29. The molecule has 0 saturated carbocycles. The van der Waals surface area contributed by atoms with Crippen LogP contribution in [0, 0.1) is 0 Å². The maximum absolute atomic E-state index is 5.71. The van der Waals surface area contributed by atoms with Gasteiger partial charge in [0, 0.05) is 12.3 Å². The van der Waals surface area contributed by atoms with Crippen LogP contribution in [0.3, 0.4) is 0 Å². The maximum Gasteiger partial charge on any atom is 0.239 e. The molecule has 0 aliphatic rings. The fourth-order valence-electron chi connectivity index (χ4n) is 1.08. The van der Waals surface area contributed by atoms with Crippen molar-refractivity contribution in [1.82, 2.24) is 4.98 Å². The number of nitrogen functional groups attached to an aromatic ring is 1. The van der Waals surface area contributed by atoms with Crippen molar-refractivity contribution >= 4 is 23.3 Å². The molecule has 1 heterocycles. The number of aromatic nitrogens is 1. The molecule has 15 heavy (non-hydrogen) atoms. The number of rotatable bonds is 6. The Kier molecular flexibility index (Phi) is 5.10. The molecule has 4 nitrogen and oxygen atoms in total. The van der Waals surface area contributed by atoms with Crippen molar-refractivity contribution in [1.29, 1.82) is 0 Å². The average molecular weight is 227 g/mol. The van der Waals surface area contributed by atoms with Crippen molar-refractivity contribution in [2.24, 2.45) is 0 Å². The van der Waals surface area contributed by atoms with Crippen molar-refractivity contribution in [3.05, 3.63) is 12.1 Å². The van der Waals surface area contributed by atoms with E-state index in [1.54, 1.807) is 17.8 Å². The van der Waals surface area contributed by atoms with E-state index in [9.17, 15) is 0 Å². The summed E-state index contributed by atoms with van der Waals surface area (Å²) in [6.45, 7) is 3.38. The molecular weight excluding hydrogens is 210 g/mol. The molecule has 0 atom stereocenters. The first kappa shape index (κ1) is 12.0. The van der Waals surface area contributed by atoms with E-state index in [0.29, 0.717) is 18.2 Å². The van der Waals surface area contributed by atoms with Crippen molar-refractivity contribution in [3.63, 3.8) is 0 Å². The number of nitrogens with zero attached hydrogens (tertiary/aromatic N) is 1. The number of pyridine rings is 1. The van der Waals surface area contributed by atoms with Gasteiger partial charge >= 0.3 is 0 Å². The first-order valence-electron chi connectivity index (χ1n) is 4.90. The normalized spacial score (nSPS) is 10.0. The molecule has 3 N–H and O–H groups in total. The first-order chi connectivity index (χ1) is 7.27. The van der Waals surface area contributed by atoms with E-state index in [1.165, 1.54) is 0 Å². The lowest BCUT2D eigenvalue weighted by molar-refractivity contribution is 0.329. The van der Waals surface area contributed by atoms with Crippen LogP contribution in [0.15, 0.2) is 12.1 Å². The van der Waals surface area contributed by atoms with Gasteiger partial charge in [0.15, 0.2) is 0 Å². The zero-order chi connectivity index (χ0) is 11.1. The molecule has 0 spiro atoms. The average Bonchev–Trinajstić information content (AvgIpc) is 2.23. The van der Waals surface area contributed by atoms with Crippen LogP contribution in [0.25, 0.3) is 0 Å². The number of ether oxygens (including phenoxy) is 1. The van der Waals surface area contributed by atoms with E-state index < -0.39 is 0 Å².